The number of methoxy groups -OCH3 is 1. The Morgan fingerprint density at radius 3 is 2.38 bits per heavy atom. The molecule has 0 radical (unpaired) electrons. The Bertz CT molecular complexity index is 217. The fraction of sp³-hybridized carbons (Fsp3) is 0.909. The first-order valence-corrected chi connectivity index (χ1v) is 5.51. The third-order valence-corrected chi connectivity index (χ3v) is 2.56. The molecule has 0 aromatic heterocycles. The van der Waals surface area contributed by atoms with E-state index < -0.39 is 6.10 Å². The van der Waals surface area contributed by atoms with Gasteiger partial charge in [-0.25, -0.2) is 5.84 Å². The second-order valence-corrected chi connectivity index (χ2v) is 4.76. The van der Waals surface area contributed by atoms with E-state index in [9.17, 15) is 4.79 Å². The molecular formula is C11H24N2O3. The van der Waals surface area contributed by atoms with Crippen LogP contribution in [0.3, 0.4) is 0 Å². The van der Waals surface area contributed by atoms with E-state index >= 15 is 0 Å². The average Bonchev–Trinajstić information content (AvgIpc) is 2.23. The van der Waals surface area contributed by atoms with Crippen LogP contribution in [0.1, 0.15) is 34.1 Å². The van der Waals surface area contributed by atoms with Crippen LogP contribution < -0.4 is 11.3 Å². The molecule has 0 bridgehead atoms. The van der Waals surface area contributed by atoms with Gasteiger partial charge in [0.05, 0.1) is 12.2 Å². The van der Waals surface area contributed by atoms with Crippen LogP contribution in [0.4, 0.5) is 0 Å². The zero-order valence-electron chi connectivity index (χ0n) is 10.9. The predicted octanol–water partition coefficient (Wildman–Crippen LogP) is 0.833. The fourth-order valence-electron chi connectivity index (χ4n) is 1.19. The lowest BCUT2D eigenvalue weighted by molar-refractivity contribution is -0.137. The molecule has 16 heavy (non-hydrogen) atoms. The molecule has 0 aromatic rings. The molecule has 1 unspecified atom stereocenters. The number of carbonyl (C=O) groups is 1. The van der Waals surface area contributed by atoms with Gasteiger partial charge in [-0.3, -0.25) is 10.2 Å². The van der Waals surface area contributed by atoms with E-state index in [1.54, 1.807) is 7.11 Å². The van der Waals surface area contributed by atoms with Crippen molar-refractivity contribution in [2.45, 2.75) is 45.8 Å². The van der Waals surface area contributed by atoms with E-state index in [4.69, 9.17) is 15.3 Å². The van der Waals surface area contributed by atoms with Gasteiger partial charge >= 0.3 is 0 Å². The summed E-state index contributed by atoms with van der Waals surface area (Å²) in [6, 6.07) is 0. The molecule has 0 fully saturated rings. The summed E-state index contributed by atoms with van der Waals surface area (Å²) in [4.78, 5) is 11.4. The zero-order chi connectivity index (χ0) is 12.8. The summed E-state index contributed by atoms with van der Waals surface area (Å²) in [5, 5.41) is 0. The minimum Gasteiger partial charge on any atom is -0.379 e. The van der Waals surface area contributed by atoms with Crippen molar-refractivity contribution in [1.82, 2.24) is 5.43 Å². The van der Waals surface area contributed by atoms with Gasteiger partial charge in [0.1, 0.15) is 6.10 Å². The molecule has 0 aliphatic heterocycles. The van der Waals surface area contributed by atoms with Crippen LogP contribution in [-0.4, -0.2) is 31.3 Å². The molecule has 0 aliphatic carbocycles. The highest BCUT2D eigenvalue weighted by atomic mass is 16.5. The van der Waals surface area contributed by atoms with Gasteiger partial charge in [-0.15, -0.1) is 0 Å². The summed E-state index contributed by atoms with van der Waals surface area (Å²) in [5.41, 5.74) is 1.88. The van der Waals surface area contributed by atoms with E-state index in [-0.39, 0.29) is 17.4 Å². The zero-order valence-corrected chi connectivity index (χ0v) is 10.9. The summed E-state index contributed by atoms with van der Waals surface area (Å²) in [5.74, 6) is 4.90. The smallest absolute Gasteiger partial charge is 0.263 e. The molecule has 0 saturated carbocycles. The Labute approximate surface area is 97.6 Å². The summed E-state index contributed by atoms with van der Waals surface area (Å²) >= 11 is 0. The summed E-state index contributed by atoms with van der Waals surface area (Å²) in [7, 11) is 1.66. The molecule has 0 aliphatic rings. The normalized spacial score (nSPS) is 13.9. The van der Waals surface area contributed by atoms with Gasteiger partial charge in [-0.05, 0) is 26.2 Å². The third-order valence-electron chi connectivity index (χ3n) is 2.56. The number of hydrogen-bond donors (Lipinski definition) is 2. The van der Waals surface area contributed by atoms with Gasteiger partial charge in [-0.1, -0.05) is 13.8 Å². The second-order valence-electron chi connectivity index (χ2n) is 4.76. The summed E-state index contributed by atoms with van der Waals surface area (Å²) in [6.45, 7) is 8.26. The van der Waals surface area contributed by atoms with Crippen molar-refractivity contribution in [3.05, 3.63) is 0 Å². The van der Waals surface area contributed by atoms with Crippen molar-refractivity contribution in [2.24, 2.45) is 11.8 Å². The molecule has 1 atom stereocenters. The maximum absolute atomic E-state index is 11.4. The number of rotatable bonds is 7. The molecule has 1 amide bonds. The van der Waals surface area contributed by atoms with Crippen LogP contribution in [0.15, 0.2) is 0 Å². The standard InChI is InChI=1S/C11H24N2O3/c1-8(2)9(10(14)13-12)16-7-6-11(3,4)15-5/h8-9H,6-7,12H2,1-5H3,(H,13,14). The predicted molar refractivity (Wildman–Crippen MR) is 62.6 cm³/mol. The molecular weight excluding hydrogens is 208 g/mol. The first-order valence-electron chi connectivity index (χ1n) is 5.51. The molecule has 96 valence electrons. The van der Waals surface area contributed by atoms with E-state index in [1.807, 2.05) is 27.7 Å². The Hall–Kier alpha value is -0.650. The van der Waals surface area contributed by atoms with Crippen molar-refractivity contribution >= 4 is 5.91 Å². The maximum Gasteiger partial charge on any atom is 0.263 e. The minimum atomic E-state index is -0.502. The summed E-state index contributed by atoms with van der Waals surface area (Å²) in [6.07, 6.45) is 0.225. The average molecular weight is 232 g/mol. The number of carbonyl (C=O) groups excluding carboxylic acids is 1. The number of hydrogen-bond acceptors (Lipinski definition) is 4. The van der Waals surface area contributed by atoms with Crippen molar-refractivity contribution in [3.8, 4) is 0 Å². The van der Waals surface area contributed by atoms with Gasteiger partial charge in [0.15, 0.2) is 0 Å². The molecule has 0 rings (SSSR count). The summed E-state index contributed by atoms with van der Waals surface area (Å²) < 4.78 is 10.8. The number of ether oxygens (including phenoxy) is 2. The molecule has 0 heterocycles. The van der Waals surface area contributed by atoms with Gasteiger partial charge in [0.2, 0.25) is 0 Å². The van der Waals surface area contributed by atoms with E-state index in [0.717, 1.165) is 6.42 Å². The van der Waals surface area contributed by atoms with E-state index in [2.05, 4.69) is 5.43 Å². The minimum absolute atomic E-state index is 0.0919. The van der Waals surface area contributed by atoms with E-state index in [0.29, 0.717) is 6.61 Å². The van der Waals surface area contributed by atoms with Crippen LogP contribution in [0, 0.1) is 5.92 Å². The number of hydrazine groups is 1. The van der Waals surface area contributed by atoms with Crippen LogP contribution >= 0.6 is 0 Å². The maximum atomic E-state index is 11.4. The highest BCUT2D eigenvalue weighted by Gasteiger charge is 2.23. The molecule has 3 N–H and O–H groups in total. The van der Waals surface area contributed by atoms with Gasteiger partial charge < -0.3 is 9.47 Å². The highest BCUT2D eigenvalue weighted by molar-refractivity contribution is 5.80. The molecule has 0 saturated heterocycles. The van der Waals surface area contributed by atoms with Crippen molar-refractivity contribution < 1.29 is 14.3 Å². The lowest BCUT2D eigenvalue weighted by Gasteiger charge is -2.25. The topological polar surface area (TPSA) is 73.6 Å². The third kappa shape index (κ3) is 5.44. The van der Waals surface area contributed by atoms with Crippen LogP contribution in [-0.2, 0) is 14.3 Å². The van der Waals surface area contributed by atoms with Crippen molar-refractivity contribution in [2.75, 3.05) is 13.7 Å². The molecule has 0 aromatic carbocycles. The number of amides is 1. The van der Waals surface area contributed by atoms with Gasteiger partial charge in [0, 0.05) is 7.11 Å². The first kappa shape index (κ1) is 15.3. The Balaban J connectivity index is 4.09. The second kappa shape index (κ2) is 6.83. The molecule has 0 spiro atoms. The van der Waals surface area contributed by atoms with Crippen LogP contribution in [0.5, 0.6) is 0 Å². The number of nitrogens with two attached hydrogens (primary N) is 1. The molecule has 5 heteroatoms. The largest absolute Gasteiger partial charge is 0.379 e. The van der Waals surface area contributed by atoms with Crippen LogP contribution in [0.2, 0.25) is 0 Å². The Kier molecular flexibility index (Phi) is 6.55. The number of nitrogens with one attached hydrogen (secondary N) is 1. The fourth-order valence-corrected chi connectivity index (χ4v) is 1.19. The monoisotopic (exact) mass is 232 g/mol. The Morgan fingerprint density at radius 2 is 2.00 bits per heavy atom. The van der Waals surface area contributed by atoms with Crippen molar-refractivity contribution in [1.29, 1.82) is 0 Å². The highest BCUT2D eigenvalue weighted by Crippen LogP contribution is 2.14. The van der Waals surface area contributed by atoms with Gasteiger partial charge in [-0.2, -0.15) is 0 Å². The SMILES string of the molecule is COC(C)(C)CCOC(C(=O)NN)C(C)C. The van der Waals surface area contributed by atoms with E-state index in [1.165, 1.54) is 0 Å². The first-order chi connectivity index (χ1) is 7.34. The molecule has 5 nitrogen and oxygen atoms in total. The quantitative estimate of drug-likeness (QED) is 0.387. The van der Waals surface area contributed by atoms with Crippen molar-refractivity contribution in [3.63, 3.8) is 0 Å². The lowest BCUT2D eigenvalue weighted by atomic mass is 10.0. The Morgan fingerprint density at radius 1 is 1.44 bits per heavy atom. The van der Waals surface area contributed by atoms with Crippen LogP contribution in [0.25, 0.3) is 0 Å². The lowest BCUT2D eigenvalue weighted by Crippen LogP contribution is -2.43. The van der Waals surface area contributed by atoms with Gasteiger partial charge in [0.25, 0.3) is 5.91 Å².